The first-order valence-corrected chi connectivity index (χ1v) is 15.2. The highest BCUT2D eigenvalue weighted by Crippen LogP contribution is 2.55. The van der Waals surface area contributed by atoms with Crippen molar-refractivity contribution in [2.75, 3.05) is 33.6 Å². The van der Waals surface area contributed by atoms with Gasteiger partial charge >= 0.3 is 11.9 Å². The average Bonchev–Trinajstić information content (AvgIpc) is 3.64. The van der Waals surface area contributed by atoms with Crippen LogP contribution in [0.2, 0.25) is 0 Å². The summed E-state index contributed by atoms with van der Waals surface area (Å²) in [6, 6.07) is 4.01. The molecular weight excluding hydrogens is 554 g/mol. The fourth-order valence-corrected chi connectivity index (χ4v) is 6.98. The minimum atomic E-state index is -2.17. The van der Waals surface area contributed by atoms with E-state index in [1.807, 2.05) is 19.1 Å². The van der Waals surface area contributed by atoms with Gasteiger partial charge in [-0.2, -0.15) is 0 Å². The minimum absolute atomic E-state index is 0.0957. The zero-order valence-electron chi connectivity index (χ0n) is 25.6. The van der Waals surface area contributed by atoms with Crippen LogP contribution >= 0.6 is 0 Å². The highest BCUT2D eigenvalue weighted by Gasteiger charge is 2.59. The maximum absolute atomic E-state index is 14.0. The third kappa shape index (κ3) is 6.35. The van der Waals surface area contributed by atoms with E-state index >= 15 is 0 Å². The van der Waals surface area contributed by atoms with E-state index in [0.29, 0.717) is 30.1 Å². The number of methoxy groups -OCH3 is 1. The molecule has 43 heavy (non-hydrogen) atoms. The molecule has 0 saturated carbocycles. The molecule has 0 bridgehead atoms. The lowest BCUT2D eigenvalue weighted by Gasteiger charge is -2.39. The summed E-state index contributed by atoms with van der Waals surface area (Å²) >= 11 is 0. The fraction of sp³-hybridized carbons (Fsp3) is 0.636. The van der Waals surface area contributed by atoms with Crippen molar-refractivity contribution in [2.24, 2.45) is 0 Å². The largest absolute Gasteiger partial charge is 0.497 e. The Hall–Kier alpha value is -3.26. The van der Waals surface area contributed by atoms with E-state index in [1.165, 1.54) is 0 Å². The van der Waals surface area contributed by atoms with Gasteiger partial charge in [0, 0.05) is 13.0 Å². The summed E-state index contributed by atoms with van der Waals surface area (Å²) in [6.45, 7) is 6.94. The van der Waals surface area contributed by atoms with E-state index in [4.69, 9.17) is 23.7 Å². The molecule has 4 atom stereocenters. The SMILES string of the molecule is CCC#CCOC(=O)CC(O)(CCCC(C)(C)O)C(=O)OC1C(OC)=C[C@]23CCCN2CCc2cc4c(cc2[C@H]13)OCO4. The lowest BCUT2D eigenvalue weighted by molar-refractivity contribution is -0.179. The Morgan fingerprint density at radius 1 is 1.14 bits per heavy atom. The fourth-order valence-electron chi connectivity index (χ4n) is 6.98. The molecule has 1 fully saturated rings. The molecule has 4 aliphatic rings. The maximum atomic E-state index is 14.0. The van der Waals surface area contributed by atoms with Gasteiger partial charge in [-0.3, -0.25) is 9.69 Å². The predicted molar refractivity (Wildman–Crippen MR) is 156 cm³/mol. The Morgan fingerprint density at radius 2 is 1.91 bits per heavy atom. The van der Waals surface area contributed by atoms with Gasteiger partial charge in [0.05, 0.1) is 30.6 Å². The summed E-state index contributed by atoms with van der Waals surface area (Å²) in [5, 5.41) is 22.0. The Kier molecular flexibility index (Phi) is 8.98. The lowest BCUT2D eigenvalue weighted by Crippen LogP contribution is -2.49. The Labute approximate surface area is 253 Å². The molecule has 3 aliphatic heterocycles. The maximum Gasteiger partial charge on any atom is 0.339 e. The van der Waals surface area contributed by atoms with Crippen LogP contribution in [0.4, 0.5) is 0 Å². The van der Waals surface area contributed by atoms with Crippen molar-refractivity contribution in [2.45, 2.75) is 101 Å². The second kappa shape index (κ2) is 12.4. The number of hydrogen-bond acceptors (Lipinski definition) is 10. The van der Waals surface area contributed by atoms with E-state index < -0.39 is 41.2 Å². The molecule has 10 heteroatoms. The first-order chi connectivity index (χ1) is 20.5. The number of carbonyl (C=O) groups is 2. The molecular formula is C33H43NO9. The van der Waals surface area contributed by atoms with Crippen LogP contribution in [0.3, 0.4) is 0 Å². The second-order valence-electron chi connectivity index (χ2n) is 12.5. The standard InChI is InChI=1S/C33H43NO9/c1-5-6-7-16-40-27(35)20-33(38,13-8-11-31(2,3)37)30(36)43-29-26(39-4)19-32-12-9-14-34(32)15-10-22-17-24-25(42-21-41-24)18-23(22)28(29)32/h17-19,28-29,37-38H,5,8-16,20-21H2,1-4H3/t28-,29?,32+,33?/m1/s1. The van der Waals surface area contributed by atoms with Crippen LogP contribution in [0.5, 0.6) is 11.5 Å². The molecule has 0 amide bonds. The highest BCUT2D eigenvalue weighted by molar-refractivity contribution is 5.86. The summed E-state index contributed by atoms with van der Waals surface area (Å²) in [7, 11) is 1.55. The van der Waals surface area contributed by atoms with Gasteiger partial charge < -0.3 is 33.9 Å². The molecule has 1 saturated heterocycles. The third-order valence-corrected chi connectivity index (χ3v) is 9.00. The molecule has 234 valence electrons. The number of fused-ring (bicyclic) bond motifs is 3. The number of carbonyl (C=O) groups excluding carboxylic acids is 2. The first kappa shape index (κ1) is 31.2. The summed E-state index contributed by atoms with van der Waals surface area (Å²) in [5.41, 5.74) is -1.54. The van der Waals surface area contributed by atoms with Crippen molar-refractivity contribution in [3.05, 3.63) is 35.1 Å². The molecule has 1 spiro atoms. The molecule has 5 rings (SSSR count). The van der Waals surface area contributed by atoms with Crippen molar-refractivity contribution in [1.82, 2.24) is 4.90 Å². The average molecular weight is 598 g/mol. The Balaban J connectivity index is 1.46. The topological polar surface area (TPSA) is 124 Å². The van der Waals surface area contributed by atoms with E-state index in [0.717, 1.165) is 43.5 Å². The van der Waals surface area contributed by atoms with Crippen LogP contribution in [0, 0.1) is 11.8 Å². The third-order valence-electron chi connectivity index (χ3n) is 9.00. The van der Waals surface area contributed by atoms with Crippen molar-refractivity contribution in [3.63, 3.8) is 0 Å². The summed E-state index contributed by atoms with van der Waals surface area (Å²) < 4.78 is 28.7. The number of esters is 2. The summed E-state index contributed by atoms with van der Waals surface area (Å²) in [6.07, 6.45) is 4.39. The molecule has 1 aromatic rings. The van der Waals surface area contributed by atoms with Gasteiger partial charge in [-0.05, 0) is 88.3 Å². The number of aliphatic hydroxyl groups is 2. The lowest BCUT2D eigenvalue weighted by atomic mass is 9.77. The van der Waals surface area contributed by atoms with Gasteiger partial charge in [0.2, 0.25) is 6.79 Å². The number of benzene rings is 1. The molecule has 1 aliphatic carbocycles. The molecule has 0 aromatic heterocycles. The van der Waals surface area contributed by atoms with Gasteiger partial charge in [-0.25, -0.2) is 4.79 Å². The minimum Gasteiger partial charge on any atom is -0.497 e. The Bertz CT molecular complexity index is 1320. The van der Waals surface area contributed by atoms with Gasteiger partial charge in [0.1, 0.15) is 5.76 Å². The van der Waals surface area contributed by atoms with Crippen LogP contribution in [-0.2, 0) is 30.2 Å². The highest BCUT2D eigenvalue weighted by atomic mass is 16.7. The van der Waals surface area contributed by atoms with Crippen LogP contribution < -0.4 is 9.47 Å². The van der Waals surface area contributed by atoms with Gasteiger partial charge in [0.25, 0.3) is 0 Å². The van der Waals surface area contributed by atoms with Crippen LogP contribution in [0.15, 0.2) is 24.0 Å². The summed E-state index contributed by atoms with van der Waals surface area (Å²) in [4.78, 5) is 29.2. The molecule has 1 aromatic carbocycles. The van der Waals surface area contributed by atoms with E-state index in [2.05, 4.69) is 22.8 Å². The van der Waals surface area contributed by atoms with Crippen molar-refractivity contribution < 1.29 is 43.5 Å². The van der Waals surface area contributed by atoms with Crippen molar-refractivity contribution in [3.8, 4) is 23.3 Å². The van der Waals surface area contributed by atoms with E-state index in [1.54, 1.807) is 21.0 Å². The molecule has 10 nitrogen and oxygen atoms in total. The van der Waals surface area contributed by atoms with Gasteiger partial charge in [0.15, 0.2) is 29.8 Å². The van der Waals surface area contributed by atoms with E-state index in [9.17, 15) is 19.8 Å². The monoisotopic (exact) mass is 597 g/mol. The van der Waals surface area contributed by atoms with Crippen molar-refractivity contribution in [1.29, 1.82) is 0 Å². The smallest absolute Gasteiger partial charge is 0.339 e. The van der Waals surface area contributed by atoms with Gasteiger partial charge in [-0.1, -0.05) is 12.8 Å². The predicted octanol–water partition coefficient (Wildman–Crippen LogP) is 3.36. The number of ether oxygens (including phenoxy) is 5. The zero-order valence-corrected chi connectivity index (χ0v) is 25.6. The van der Waals surface area contributed by atoms with Gasteiger partial charge in [-0.15, -0.1) is 5.92 Å². The zero-order chi connectivity index (χ0) is 30.8. The molecule has 2 unspecified atom stereocenters. The second-order valence-corrected chi connectivity index (χ2v) is 12.5. The molecule has 0 radical (unpaired) electrons. The van der Waals surface area contributed by atoms with Crippen molar-refractivity contribution >= 4 is 11.9 Å². The van der Waals surface area contributed by atoms with Crippen LogP contribution in [0.25, 0.3) is 0 Å². The van der Waals surface area contributed by atoms with E-state index in [-0.39, 0.29) is 32.2 Å². The Morgan fingerprint density at radius 3 is 2.63 bits per heavy atom. The number of hydrogen-bond donors (Lipinski definition) is 2. The van der Waals surface area contributed by atoms with Crippen LogP contribution in [-0.4, -0.2) is 83.5 Å². The molecule has 2 N–H and O–H groups in total. The normalized spacial score (nSPS) is 25.2. The number of rotatable bonds is 10. The first-order valence-electron chi connectivity index (χ1n) is 15.2. The quantitative estimate of drug-likeness (QED) is 0.307. The van der Waals surface area contributed by atoms with Crippen LogP contribution in [0.1, 0.15) is 82.8 Å². The summed E-state index contributed by atoms with van der Waals surface area (Å²) in [5.74, 6) is 5.40. The number of nitrogens with zero attached hydrogens (tertiary/aromatic N) is 1. The molecule has 3 heterocycles.